The number of carbonyl (C=O) groups is 3. The Morgan fingerprint density at radius 1 is 1.00 bits per heavy atom. The SMILES string of the molecule is O=C(O)CCNC(=O)c1ccc(CN(C(=O)Cc2cccc(SC(F)(F)F)c2)c2ccc(C3CCCCC3)cc2)o1. The zero-order chi connectivity index (χ0) is 29.4. The smallest absolute Gasteiger partial charge is 0.446 e. The van der Waals surface area contributed by atoms with Crippen molar-refractivity contribution in [2.24, 2.45) is 0 Å². The number of furan rings is 1. The maximum absolute atomic E-state index is 13.6. The molecule has 2 N–H and O–H groups in total. The standard InChI is InChI=1S/C30H31F3N2O5S/c31-30(32,33)41-25-8-4-5-20(17-25)18-27(36)35(23-11-9-22(10-12-23)21-6-2-1-3-7-21)19-24-13-14-26(40-24)29(39)34-16-15-28(37)38/h4-5,8-14,17,21H,1-3,6-7,15-16,18-19H2,(H,34,39)(H,37,38). The molecule has 0 radical (unpaired) electrons. The van der Waals surface area contributed by atoms with Gasteiger partial charge in [-0.1, -0.05) is 43.5 Å². The fourth-order valence-electron chi connectivity index (χ4n) is 4.92. The Kier molecular flexibility index (Phi) is 10.1. The molecule has 41 heavy (non-hydrogen) atoms. The molecule has 1 heterocycles. The van der Waals surface area contributed by atoms with E-state index in [0.29, 0.717) is 22.9 Å². The van der Waals surface area contributed by atoms with Crippen molar-refractivity contribution in [3.63, 3.8) is 0 Å². The topological polar surface area (TPSA) is 99.9 Å². The van der Waals surface area contributed by atoms with Gasteiger partial charge in [0, 0.05) is 17.1 Å². The van der Waals surface area contributed by atoms with E-state index in [-0.39, 0.29) is 54.3 Å². The molecule has 0 bridgehead atoms. The number of carbonyl (C=O) groups excluding carboxylic acids is 2. The van der Waals surface area contributed by atoms with E-state index in [1.54, 1.807) is 12.1 Å². The fraction of sp³-hybridized carbons (Fsp3) is 0.367. The molecule has 0 unspecified atom stereocenters. The van der Waals surface area contributed by atoms with E-state index in [1.165, 1.54) is 54.0 Å². The quantitative estimate of drug-likeness (QED) is 0.236. The zero-order valence-corrected chi connectivity index (χ0v) is 23.1. The van der Waals surface area contributed by atoms with Gasteiger partial charge < -0.3 is 19.7 Å². The van der Waals surface area contributed by atoms with Gasteiger partial charge in [-0.25, -0.2) is 0 Å². The van der Waals surface area contributed by atoms with E-state index >= 15 is 0 Å². The maximum atomic E-state index is 13.6. The molecule has 1 aliphatic rings. The molecular formula is C30H31F3N2O5S. The molecule has 1 fully saturated rings. The molecule has 3 aromatic rings. The summed E-state index contributed by atoms with van der Waals surface area (Å²) in [5.74, 6) is -1.21. The van der Waals surface area contributed by atoms with Crippen LogP contribution >= 0.6 is 11.8 Å². The monoisotopic (exact) mass is 588 g/mol. The lowest BCUT2D eigenvalue weighted by molar-refractivity contribution is -0.136. The van der Waals surface area contributed by atoms with E-state index < -0.39 is 17.4 Å². The molecule has 7 nitrogen and oxygen atoms in total. The van der Waals surface area contributed by atoms with Crippen molar-refractivity contribution in [1.29, 1.82) is 0 Å². The van der Waals surface area contributed by atoms with Gasteiger partial charge in [-0.05, 0) is 78.0 Å². The van der Waals surface area contributed by atoms with Gasteiger partial charge in [-0.2, -0.15) is 13.2 Å². The molecule has 0 saturated heterocycles. The van der Waals surface area contributed by atoms with Crippen LogP contribution in [0.4, 0.5) is 18.9 Å². The van der Waals surface area contributed by atoms with Gasteiger partial charge in [-0.15, -0.1) is 0 Å². The zero-order valence-electron chi connectivity index (χ0n) is 22.3. The van der Waals surface area contributed by atoms with Crippen LogP contribution < -0.4 is 10.2 Å². The second kappa shape index (κ2) is 13.8. The molecular weight excluding hydrogens is 557 g/mol. The minimum Gasteiger partial charge on any atom is -0.481 e. The van der Waals surface area contributed by atoms with E-state index in [2.05, 4.69) is 5.32 Å². The number of alkyl halides is 3. The molecule has 0 aliphatic heterocycles. The van der Waals surface area contributed by atoms with Gasteiger partial charge in [0.05, 0.1) is 19.4 Å². The molecule has 4 rings (SSSR count). The summed E-state index contributed by atoms with van der Waals surface area (Å²) in [4.78, 5) is 38.1. The Morgan fingerprint density at radius 2 is 1.73 bits per heavy atom. The van der Waals surface area contributed by atoms with Crippen molar-refractivity contribution in [2.45, 2.75) is 67.8 Å². The number of thioether (sulfide) groups is 1. The Labute approximate surface area is 240 Å². The minimum absolute atomic E-state index is 0.00392. The number of hydrogen-bond donors (Lipinski definition) is 2. The third kappa shape index (κ3) is 9.14. The third-order valence-electron chi connectivity index (χ3n) is 6.89. The van der Waals surface area contributed by atoms with Crippen molar-refractivity contribution in [3.8, 4) is 0 Å². The van der Waals surface area contributed by atoms with E-state index in [4.69, 9.17) is 9.52 Å². The first kappa shape index (κ1) is 30.2. The average Bonchev–Trinajstić information content (AvgIpc) is 3.40. The highest BCUT2D eigenvalue weighted by Crippen LogP contribution is 2.37. The lowest BCUT2D eigenvalue weighted by Crippen LogP contribution is -2.31. The predicted molar refractivity (Wildman–Crippen MR) is 149 cm³/mol. The summed E-state index contributed by atoms with van der Waals surface area (Å²) >= 11 is -0.233. The van der Waals surface area contributed by atoms with Crippen molar-refractivity contribution in [3.05, 3.63) is 83.3 Å². The number of benzene rings is 2. The number of carboxylic acid groups (broad SMARTS) is 1. The van der Waals surface area contributed by atoms with Crippen LogP contribution in [0, 0.1) is 0 Å². The number of aliphatic carboxylic acids is 1. The van der Waals surface area contributed by atoms with E-state index in [1.807, 2.05) is 24.3 Å². The van der Waals surface area contributed by atoms with Crippen LogP contribution in [-0.2, 0) is 22.6 Å². The molecule has 2 amide bonds. The Hall–Kier alpha value is -3.73. The molecule has 11 heteroatoms. The number of amides is 2. The summed E-state index contributed by atoms with van der Waals surface area (Å²) in [7, 11) is 0. The number of anilines is 1. The Bertz CT molecular complexity index is 1350. The summed E-state index contributed by atoms with van der Waals surface area (Å²) in [6.45, 7) is -0.0746. The van der Waals surface area contributed by atoms with Crippen molar-refractivity contribution < 1.29 is 37.1 Å². The van der Waals surface area contributed by atoms with Gasteiger partial charge in [0.2, 0.25) is 5.91 Å². The van der Waals surface area contributed by atoms with Crippen LogP contribution in [0.15, 0.2) is 70.0 Å². The summed E-state index contributed by atoms with van der Waals surface area (Å²) in [5.41, 5.74) is -2.20. The lowest BCUT2D eigenvalue weighted by Gasteiger charge is -2.25. The summed E-state index contributed by atoms with van der Waals surface area (Å²) in [6.07, 6.45) is 5.49. The van der Waals surface area contributed by atoms with Gasteiger partial charge in [0.1, 0.15) is 5.76 Å². The second-order valence-corrected chi connectivity index (χ2v) is 11.1. The molecule has 1 saturated carbocycles. The van der Waals surface area contributed by atoms with Crippen LogP contribution in [-0.4, -0.2) is 34.9 Å². The van der Waals surface area contributed by atoms with Crippen LogP contribution in [0.25, 0.3) is 0 Å². The predicted octanol–water partition coefficient (Wildman–Crippen LogP) is 6.92. The Balaban J connectivity index is 1.53. The van der Waals surface area contributed by atoms with Crippen molar-refractivity contribution in [2.75, 3.05) is 11.4 Å². The van der Waals surface area contributed by atoms with Gasteiger partial charge in [0.25, 0.3) is 5.91 Å². The van der Waals surface area contributed by atoms with E-state index in [0.717, 1.165) is 12.8 Å². The highest BCUT2D eigenvalue weighted by atomic mass is 32.2. The Morgan fingerprint density at radius 3 is 2.41 bits per heavy atom. The number of hydrogen-bond acceptors (Lipinski definition) is 5. The first-order chi connectivity index (χ1) is 19.6. The van der Waals surface area contributed by atoms with Crippen LogP contribution in [0.1, 0.15) is 71.9 Å². The highest BCUT2D eigenvalue weighted by Gasteiger charge is 2.29. The first-order valence-electron chi connectivity index (χ1n) is 13.4. The summed E-state index contributed by atoms with van der Waals surface area (Å²) < 4.78 is 44.3. The lowest BCUT2D eigenvalue weighted by atomic mass is 9.84. The second-order valence-electron chi connectivity index (χ2n) is 9.94. The number of rotatable bonds is 11. The normalized spacial score (nSPS) is 14.0. The largest absolute Gasteiger partial charge is 0.481 e. The fourth-order valence-corrected chi connectivity index (χ4v) is 5.54. The molecule has 0 spiro atoms. The van der Waals surface area contributed by atoms with Gasteiger partial charge in [-0.3, -0.25) is 14.4 Å². The molecule has 2 aromatic carbocycles. The summed E-state index contributed by atoms with van der Waals surface area (Å²) in [5, 5.41) is 11.2. The number of halogens is 3. The van der Waals surface area contributed by atoms with Gasteiger partial charge in [0.15, 0.2) is 5.76 Å². The number of nitrogens with zero attached hydrogens (tertiary/aromatic N) is 1. The molecule has 218 valence electrons. The van der Waals surface area contributed by atoms with Crippen LogP contribution in [0.5, 0.6) is 0 Å². The average molecular weight is 589 g/mol. The highest BCUT2D eigenvalue weighted by molar-refractivity contribution is 8.00. The molecule has 0 atom stereocenters. The van der Waals surface area contributed by atoms with Crippen LogP contribution in [0.2, 0.25) is 0 Å². The van der Waals surface area contributed by atoms with Crippen LogP contribution in [0.3, 0.4) is 0 Å². The first-order valence-corrected chi connectivity index (χ1v) is 14.2. The van der Waals surface area contributed by atoms with Gasteiger partial charge >= 0.3 is 11.5 Å². The maximum Gasteiger partial charge on any atom is 0.446 e. The van der Waals surface area contributed by atoms with E-state index in [9.17, 15) is 27.6 Å². The summed E-state index contributed by atoms with van der Waals surface area (Å²) in [6, 6.07) is 16.5. The minimum atomic E-state index is -4.44. The number of carboxylic acids is 1. The molecule has 1 aliphatic carbocycles. The third-order valence-corrected chi connectivity index (χ3v) is 7.61. The number of nitrogens with one attached hydrogen (secondary N) is 1. The van der Waals surface area contributed by atoms with Crippen molar-refractivity contribution in [1.82, 2.24) is 5.32 Å². The van der Waals surface area contributed by atoms with Crippen molar-refractivity contribution >= 4 is 35.2 Å². The molecule has 1 aromatic heterocycles.